The van der Waals surface area contributed by atoms with Crippen LogP contribution in [0.5, 0.6) is 0 Å². The summed E-state index contributed by atoms with van der Waals surface area (Å²) in [5, 5.41) is 0. The SMILES string of the molecule is C#C[C@]1(OC(C)=O)CC[C@H]2[C@@H]3CC=C4C[C@@H](OC(C)=O)CC[C@]4(COC(C)=O)[C@H]3CC[C@@]21C. The lowest BCUT2D eigenvalue weighted by atomic mass is 9.46. The van der Waals surface area contributed by atoms with Gasteiger partial charge in [-0.3, -0.25) is 14.4 Å². The van der Waals surface area contributed by atoms with Gasteiger partial charge >= 0.3 is 17.9 Å². The molecule has 0 spiro atoms. The second-order valence-electron chi connectivity index (χ2n) is 10.8. The van der Waals surface area contributed by atoms with Crippen molar-refractivity contribution in [1.82, 2.24) is 0 Å². The molecular formula is C27H36O6. The Kier molecular flexibility index (Phi) is 6.14. The molecule has 180 valence electrons. The van der Waals surface area contributed by atoms with Crippen LogP contribution in [0.4, 0.5) is 0 Å². The van der Waals surface area contributed by atoms with Gasteiger partial charge in [-0.15, -0.1) is 6.42 Å². The molecule has 3 saturated carbocycles. The van der Waals surface area contributed by atoms with Crippen LogP contribution < -0.4 is 0 Å². The van der Waals surface area contributed by atoms with Crippen molar-refractivity contribution in [2.45, 2.75) is 90.8 Å². The van der Waals surface area contributed by atoms with E-state index in [-0.39, 0.29) is 34.8 Å². The molecule has 0 aromatic carbocycles. The zero-order valence-corrected chi connectivity index (χ0v) is 20.3. The number of carbonyl (C=O) groups is 3. The van der Waals surface area contributed by atoms with Gasteiger partial charge in [0.05, 0.1) is 0 Å². The van der Waals surface area contributed by atoms with E-state index in [0.29, 0.717) is 37.2 Å². The molecule has 0 amide bonds. The Bertz CT molecular complexity index is 914. The molecule has 0 saturated heterocycles. The summed E-state index contributed by atoms with van der Waals surface area (Å²) < 4.78 is 17.1. The van der Waals surface area contributed by atoms with Crippen LogP contribution in [0, 0.1) is 40.9 Å². The number of esters is 3. The zero-order valence-electron chi connectivity index (χ0n) is 20.3. The maximum atomic E-state index is 11.9. The van der Waals surface area contributed by atoms with E-state index >= 15 is 0 Å². The van der Waals surface area contributed by atoms with E-state index in [2.05, 4.69) is 18.9 Å². The van der Waals surface area contributed by atoms with Crippen molar-refractivity contribution < 1.29 is 28.6 Å². The molecule has 0 aliphatic heterocycles. The summed E-state index contributed by atoms with van der Waals surface area (Å²) in [6, 6.07) is 0. The lowest BCUT2D eigenvalue weighted by Crippen LogP contribution is -2.57. The highest BCUT2D eigenvalue weighted by molar-refractivity contribution is 5.67. The third kappa shape index (κ3) is 3.78. The van der Waals surface area contributed by atoms with E-state index < -0.39 is 5.60 Å². The van der Waals surface area contributed by atoms with E-state index in [1.807, 2.05) is 0 Å². The predicted octanol–water partition coefficient (Wildman–Crippen LogP) is 4.36. The van der Waals surface area contributed by atoms with Crippen molar-refractivity contribution >= 4 is 17.9 Å². The van der Waals surface area contributed by atoms with E-state index in [4.69, 9.17) is 20.6 Å². The van der Waals surface area contributed by atoms with Crippen molar-refractivity contribution in [3.8, 4) is 12.3 Å². The summed E-state index contributed by atoms with van der Waals surface area (Å²) in [5.41, 5.74) is -0.0752. The summed E-state index contributed by atoms with van der Waals surface area (Å²) in [4.78, 5) is 35.3. The van der Waals surface area contributed by atoms with Gasteiger partial charge in [-0.1, -0.05) is 24.5 Å². The fourth-order valence-corrected chi connectivity index (χ4v) is 7.94. The Morgan fingerprint density at radius 3 is 2.39 bits per heavy atom. The molecule has 4 aliphatic carbocycles. The van der Waals surface area contributed by atoms with Crippen LogP contribution in [-0.2, 0) is 28.6 Å². The Morgan fingerprint density at radius 1 is 1.03 bits per heavy atom. The van der Waals surface area contributed by atoms with Gasteiger partial charge in [0.15, 0.2) is 5.60 Å². The highest BCUT2D eigenvalue weighted by atomic mass is 16.6. The summed E-state index contributed by atoms with van der Waals surface area (Å²) in [7, 11) is 0. The van der Waals surface area contributed by atoms with Gasteiger partial charge in [0, 0.05) is 38.0 Å². The first kappa shape index (κ1) is 23.9. The fourth-order valence-electron chi connectivity index (χ4n) is 7.94. The molecule has 0 aromatic rings. The van der Waals surface area contributed by atoms with Crippen LogP contribution in [-0.4, -0.2) is 36.2 Å². The second-order valence-corrected chi connectivity index (χ2v) is 10.8. The molecular weight excluding hydrogens is 420 g/mol. The maximum absolute atomic E-state index is 11.9. The second kappa shape index (κ2) is 8.49. The number of allylic oxidation sites excluding steroid dienone is 1. The molecule has 0 heterocycles. The number of rotatable bonds is 4. The van der Waals surface area contributed by atoms with Crippen molar-refractivity contribution in [3.63, 3.8) is 0 Å². The zero-order chi connectivity index (χ0) is 24.0. The number of terminal acetylenes is 1. The van der Waals surface area contributed by atoms with Gasteiger partial charge in [0.1, 0.15) is 12.7 Å². The molecule has 6 nitrogen and oxygen atoms in total. The van der Waals surface area contributed by atoms with E-state index in [1.165, 1.54) is 26.3 Å². The highest BCUT2D eigenvalue weighted by Crippen LogP contribution is 2.68. The van der Waals surface area contributed by atoms with Crippen molar-refractivity contribution in [2.24, 2.45) is 28.6 Å². The quantitative estimate of drug-likeness (QED) is 0.271. The van der Waals surface area contributed by atoms with E-state index in [0.717, 1.165) is 38.5 Å². The Hall–Kier alpha value is -2.29. The predicted molar refractivity (Wildman–Crippen MR) is 122 cm³/mol. The molecule has 0 unspecified atom stereocenters. The van der Waals surface area contributed by atoms with Crippen LogP contribution in [0.25, 0.3) is 0 Å². The summed E-state index contributed by atoms with van der Waals surface area (Å²) in [6.07, 6.45) is 14.9. The number of fused-ring (bicyclic) bond motifs is 5. The summed E-state index contributed by atoms with van der Waals surface area (Å²) in [6.45, 7) is 6.93. The van der Waals surface area contributed by atoms with E-state index in [9.17, 15) is 14.4 Å². The lowest BCUT2D eigenvalue weighted by Gasteiger charge is -2.59. The molecule has 0 aromatic heterocycles. The van der Waals surface area contributed by atoms with Gasteiger partial charge in [0.25, 0.3) is 0 Å². The first-order chi connectivity index (χ1) is 15.6. The van der Waals surface area contributed by atoms with Crippen molar-refractivity contribution in [2.75, 3.05) is 6.61 Å². The number of ether oxygens (including phenoxy) is 3. The van der Waals surface area contributed by atoms with Crippen LogP contribution in [0.3, 0.4) is 0 Å². The molecule has 0 N–H and O–H groups in total. The molecule has 3 fully saturated rings. The first-order valence-corrected chi connectivity index (χ1v) is 12.2. The summed E-state index contributed by atoms with van der Waals surface area (Å²) in [5.74, 6) is 3.14. The van der Waals surface area contributed by atoms with Crippen LogP contribution in [0.15, 0.2) is 11.6 Å². The minimum Gasteiger partial charge on any atom is -0.465 e. The number of hydrogen-bond acceptors (Lipinski definition) is 6. The Morgan fingerprint density at radius 2 is 1.76 bits per heavy atom. The van der Waals surface area contributed by atoms with Gasteiger partial charge < -0.3 is 14.2 Å². The van der Waals surface area contributed by atoms with E-state index in [1.54, 1.807) is 0 Å². The number of hydrogen-bond donors (Lipinski definition) is 0. The van der Waals surface area contributed by atoms with Crippen LogP contribution in [0.2, 0.25) is 0 Å². The average Bonchev–Trinajstić information content (AvgIpc) is 3.04. The van der Waals surface area contributed by atoms with Gasteiger partial charge in [-0.2, -0.15) is 0 Å². The smallest absolute Gasteiger partial charge is 0.304 e. The molecule has 33 heavy (non-hydrogen) atoms. The largest absolute Gasteiger partial charge is 0.465 e. The van der Waals surface area contributed by atoms with Gasteiger partial charge in [0.2, 0.25) is 0 Å². The third-order valence-corrected chi connectivity index (χ3v) is 9.32. The average molecular weight is 457 g/mol. The van der Waals surface area contributed by atoms with Crippen LogP contribution in [0.1, 0.15) is 79.1 Å². The first-order valence-electron chi connectivity index (χ1n) is 12.2. The highest BCUT2D eigenvalue weighted by Gasteiger charge is 2.66. The van der Waals surface area contributed by atoms with Gasteiger partial charge in [-0.25, -0.2) is 0 Å². The summed E-state index contributed by atoms with van der Waals surface area (Å²) >= 11 is 0. The van der Waals surface area contributed by atoms with Crippen LogP contribution >= 0.6 is 0 Å². The molecule has 6 heteroatoms. The standard InChI is InChI=1S/C27H36O6/c1-6-27(33-19(4)30)14-11-23-22-8-7-20-15-21(32-18(3)29)9-13-26(20,16-31-17(2)28)24(22)10-12-25(23,27)5/h1,7,21-24H,8-16H2,2-5H3/t21-,22-,23-,24-,25-,26+,27-/m0/s1. The maximum Gasteiger partial charge on any atom is 0.304 e. The third-order valence-electron chi connectivity index (χ3n) is 9.32. The Balaban J connectivity index is 1.67. The Labute approximate surface area is 196 Å². The topological polar surface area (TPSA) is 78.9 Å². The minimum absolute atomic E-state index is 0.117. The minimum atomic E-state index is -0.853. The number of carbonyl (C=O) groups excluding carboxylic acids is 3. The molecule has 4 rings (SSSR count). The van der Waals surface area contributed by atoms with Crippen molar-refractivity contribution in [1.29, 1.82) is 0 Å². The monoisotopic (exact) mass is 456 g/mol. The van der Waals surface area contributed by atoms with Crippen molar-refractivity contribution in [3.05, 3.63) is 11.6 Å². The molecule has 0 bridgehead atoms. The molecule has 7 atom stereocenters. The molecule has 0 radical (unpaired) electrons. The lowest BCUT2D eigenvalue weighted by molar-refractivity contribution is -0.171. The fraction of sp³-hybridized carbons (Fsp3) is 0.741. The van der Waals surface area contributed by atoms with Gasteiger partial charge in [-0.05, 0) is 62.7 Å². The normalized spacial score (nSPS) is 41.4. The molecule has 4 aliphatic rings.